The van der Waals surface area contributed by atoms with Gasteiger partial charge in [-0.2, -0.15) is 0 Å². The van der Waals surface area contributed by atoms with Gasteiger partial charge in [-0.25, -0.2) is 0 Å². The lowest BCUT2D eigenvalue weighted by atomic mass is 10.1. The quantitative estimate of drug-likeness (QED) is 0.186. The van der Waals surface area contributed by atoms with Crippen molar-refractivity contribution in [1.82, 2.24) is 0 Å². The van der Waals surface area contributed by atoms with Crippen molar-refractivity contribution < 1.29 is 0 Å². The minimum Gasteiger partial charge on any atom is -0.384 e. The lowest BCUT2D eigenvalue weighted by molar-refractivity contribution is 1.25. The molecule has 1 aromatic carbocycles. The van der Waals surface area contributed by atoms with Crippen LogP contribution in [0.25, 0.3) is 10.4 Å². The summed E-state index contributed by atoms with van der Waals surface area (Å²) in [7, 11) is 0. The smallest absolute Gasteiger partial charge is 0.122 e. The molecule has 5 heteroatoms. The molecule has 0 atom stereocenters. The van der Waals surface area contributed by atoms with Crippen LogP contribution in [0.2, 0.25) is 0 Å². The number of benzene rings is 1. The van der Waals surface area contributed by atoms with Crippen LogP contribution in [0.4, 0.5) is 0 Å². The van der Waals surface area contributed by atoms with E-state index in [0.29, 0.717) is 5.56 Å². The Bertz CT molecular complexity index is 457. The minimum atomic E-state index is 0.0311. The van der Waals surface area contributed by atoms with E-state index in [1.807, 2.05) is 0 Å². The maximum absolute atomic E-state index is 8.01. The van der Waals surface area contributed by atoms with Crippen LogP contribution in [0.15, 0.2) is 29.4 Å². The fraction of sp³-hybridized carbons (Fsp3) is 0.100. The van der Waals surface area contributed by atoms with Gasteiger partial charge in [0.1, 0.15) is 5.84 Å². The molecule has 15 heavy (non-hydrogen) atoms. The molecule has 1 aromatic rings. The molecule has 0 aromatic heterocycles. The molecule has 0 spiro atoms. The van der Waals surface area contributed by atoms with E-state index in [4.69, 9.17) is 16.7 Å². The van der Waals surface area contributed by atoms with Crippen LogP contribution in [-0.4, -0.2) is 12.4 Å². The molecule has 74 valence electrons. The van der Waals surface area contributed by atoms with Gasteiger partial charge in [0.05, 0.1) is 6.54 Å². The van der Waals surface area contributed by atoms with Crippen molar-refractivity contribution >= 4 is 5.84 Å². The van der Waals surface area contributed by atoms with Gasteiger partial charge in [-0.3, -0.25) is 5.41 Å². The zero-order valence-electron chi connectivity index (χ0n) is 7.94. The van der Waals surface area contributed by atoms with E-state index >= 15 is 0 Å². The average Bonchev–Trinajstić information content (AvgIpc) is 2.25. The van der Waals surface area contributed by atoms with Crippen LogP contribution in [0.5, 0.6) is 0 Å². The molecule has 0 heterocycles. The van der Waals surface area contributed by atoms with E-state index < -0.39 is 0 Å². The summed E-state index contributed by atoms with van der Waals surface area (Å²) in [5.41, 5.74) is 14.8. The molecule has 0 aliphatic rings. The summed E-state index contributed by atoms with van der Waals surface area (Å²) in [6.07, 6.45) is 0. The number of hydrogen-bond donors (Lipinski definition) is 2. The number of nitrogens with one attached hydrogen (secondary N) is 1. The maximum Gasteiger partial charge on any atom is 0.122 e. The van der Waals surface area contributed by atoms with Gasteiger partial charge in [0.15, 0.2) is 0 Å². The molecule has 3 N–H and O–H groups in total. The summed E-state index contributed by atoms with van der Waals surface area (Å²) >= 11 is 0. The predicted octanol–water partition coefficient (Wildman–Crippen LogP) is 1.63. The second kappa shape index (κ2) is 5.32. The van der Waals surface area contributed by atoms with E-state index in [-0.39, 0.29) is 12.4 Å². The van der Waals surface area contributed by atoms with Crippen LogP contribution < -0.4 is 5.73 Å². The first-order chi connectivity index (χ1) is 7.24. The molecule has 0 aliphatic carbocycles. The first kappa shape index (κ1) is 10.6. The van der Waals surface area contributed by atoms with Crippen molar-refractivity contribution in [2.75, 3.05) is 6.54 Å². The van der Waals surface area contributed by atoms with Crippen LogP contribution in [0.1, 0.15) is 11.1 Å². The standard InChI is InChI=1S/C10H9N5/c11-10(12)9-5-3-8(4-6-9)2-1-7-14-15-13/h3-6H,7H2,(H3,11,12). The van der Waals surface area contributed by atoms with Crippen molar-refractivity contribution in [1.29, 1.82) is 5.41 Å². The molecular weight excluding hydrogens is 190 g/mol. The number of nitrogens with two attached hydrogens (primary N) is 1. The summed E-state index contributed by atoms with van der Waals surface area (Å²) in [6, 6.07) is 6.97. The number of nitrogen functional groups attached to an aromatic ring is 1. The van der Waals surface area contributed by atoms with Gasteiger partial charge in [-0.1, -0.05) is 29.1 Å². The van der Waals surface area contributed by atoms with E-state index in [2.05, 4.69) is 21.9 Å². The van der Waals surface area contributed by atoms with Gasteiger partial charge in [0.2, 0.25) is 0 Å². The monoisotopic (exact) mass is 199 g/mol. The molecule has 5 nitrogen and oxygen atoms in total. The Morgan fingerprint density at radius 2 is 2.13 bits per heavy atom. The number of azide groups is 1. The van der Waals surface area contributed by atoms with Crippen molar-refractivity contribution in [3.05, 3.63) is 45.8 Å². The summed E-state index contributed by atoms with van der Waals surface area (Å²) in [6.45, 7) is 0.158. The minimum absolute atomic E-state index is 0.0311. The van der Waals surface area contributed by atoms with E-state index in [9.17, 15) is 0 Å². The Morgan fingerprint density at radius 3 is 2.67 bits per heavy atom. The number of amidine groups is 1. The highest BCUT2D eigenvalue weighted by Gasteiger charge is 1.93. The summed E-state index contributed by atoms with van der Waals surface area (Å²) < 4.78 is 0. The molecule has 0 saturated carbocycles. The van der Waals surface area contributed by atoms with Crippen LogP contribution in [-0.2, 0) is 0 Å². The molecule has 0 amide bonds. The van der Waals surface area contributed by atoms with Crippen molar-refractivity contribution in [3.63, 3.8) is 0 Å². The third-order valence-electron chi connectivity index (χ3n) is 1.64. The highest BCUT2D eigenvalue weighted by atomic mass is 15.1. The van der Waals surface area contributed by atoms with Gasteiger partial charge in [-0.15, -0.1) is 0 Å². The Hall–Kier alpha value is -2.44. The lowest BCUT2D eigenvalue weighted by Gasteiger charge is -1.96. The van der Waals surface area contributed by atoms with Crippen LogP contribution >= 0.6 is 0 Å². The molecular formula is C10H9N5. The molecule has 0 radical (unpaired) electrons. The topological polar surface area (TPSA) is 98.6 Å². The Labute approximate surface area is 87.0 Å². The second-order valence-electron chi connectivity index (χ2n) is 2.68. The molecule has 0 saturated heterocycles. The zero-order chi connectivity index (χ0) is 11.1. The van der Waals surface area contributed by atoms with Gasteiger partial charge < -0.3 is 5.73 Å². The molecule has 1 rings (SSSR count). The summed E-state index contributed by atoms with van der Waals surface area (Å²) in [4.78, 5) is 2.58. The fourth-order valence-corrected chi connectivity index (χ4v) is 0.942. The van der Waals surface area contributed by atoms with Gasteiger partial charge >= 0.3 is 0 Å². The predicted molar refractivity (Wildman–Crippen MR) is 58.3 cm³/mol. The van der Waals surface area contributed by atoms with Crippen molar-refractivity contribution in [3.8, 4) is 11.8 Å². The third-order valence-corrected chi connectivity index (χ3v) is 1.64. The van der Waals surface area contributed by atoms with Crippen LogP contribution in [0.3, 0.4) is 0 Å². The molecule has 0 aliphatic heterocycles. The Kier molecular flexibility index (Phi) is 3.78. The van der Waals surface area contributed by atoms with E-state index in [1.54, 1.807) is 24.3 Å². The van der Waals surface area contributed by atoms with E-state index in [1.165, 1.54) is 0 Å². The lowest BCUT2D eigenvalue weighted by Crippen LogP contribution is -2.10. The Morgan fingerprint density at radius 1 is 1.47 bits per heavy atom. The SMILES string of the molecule is [N-]=[N+]=NCC#Cc1ccc(C(=N)N)cc1. The van der Waals surface area contributed by atoms with E-state index in [0.717, 1.165) is 5.56 Å². The molecule has 0 bridgehead atoms. The highest BCUT2D eigenvalue weighted by Crippen LogP contribution is 2.01. The second-order valence-corrected chi connectivity index (χ2v) is 2.68. The molecule has 0 unspecified atom stereocenters. The highest BCUT2D eigenvalue weighted by molar-refractivity contribution is 5.94. The first-order valence-electron chi connectivity index (χ1n) is 4.18. The summed E-state index contributed by atoms with van der Waals surface area (Å²) in [5.74, 6) is 5.55. The normalized spacial score (nSPS) is 8.27. The van der Waals surface area contributed by atoms with Crippen molar-refractivity contribution in [2.24, 2.45) is 10.8 Å². The van der Waals surface area contributed by atoms with Crippen LogP contribution in [0, 0.1) is 17.3 Å². The van der Waals surface area contributed by atoms with Gasteiger partial charge in [0.25, 0.3) is 0 Å². The largest absolute Gasteiger partial charge is 0.384 e. The number of nitrogens with zero attached hydrogens (tertiary/aromatic N) is 3. The fourth-order valence-electron chi connectivity index (χ4n) is 0.942. The summed E-state index contributed by atoms with van der Waals surface area (Å²) in [5, 5.41) is 10.5. The van der Waals surface area contributed by atoms with Crippen molar-refractivity contribution in [2.45, 2.75) is 0 Å². The van der Waals surface area contributed by atoms with Gasteiger partial charge in [0, 0.05) is 16.0 Å². The van der Waals surface area contributed by atoms with Gasteiger partial charge in [-0.05, 0) is 17.7 Å². The zero-order valence-corrected chi connectivity index (χ0v) is 7.94. The Balaban J connectivity index is 2.75. The first-order valence-corrected chi connectivity index (χ1v) is 4.18. The average molecular weight is 199 g/mol. The molecule has 0 fully saturated rings. The number of hydrogen-bond acceptors (Lipinski definition) is 2. The third kappa shape index (κ3) is 3.43. The number of rotatable bonds is 2. The maximum atomic E-state index is 8.01.